The van der Waals surface area contributed by atoms with Crippen LogP contribution in [0.15, 0.2) is 84.9 Å². The first-order valence-electron chi connectivity index (χ1n) is 9.37. The summed E-state index contributed by atoms with van der Waals surface area (Å²) in [5, 5.41) is 3.09. The van der Waals surface area contributed by atoms with Gasteiger partial charge in [-0.25, -0.2) is 4.79 Å². The first-order valence-corrected chi connectivity index (χ1v) is 9.37. The summed E-state index contributed by atoms with van der Waals surface area (Å²) in [5.41, 5.74) is 4.79. The minimum Gasteiger partial charge on any atom is -0.338 e. The Morgan fingerprint density at radius 3 is 1.85 bits per heavy atom. The van der Waals surface area contributed by atoms with Gasteiger partial charge in [-0.3, -0.25) is 0 Å². The smallest absolute Gasteiger partial charge is 0.318 e. The van der Waals surface area contributed by atoms with Gasteiger partial charge in [-0.1, -0.05) is 84.9 Å². The van der Waals surface area contributed by atoms with Crippen molar-refractivity contribution in [1.82, 2.24) is 10.2 Å². The zero-order chi connectivity index (χ0) is 18.9. The van der Waals surface area contributed by atoms with Crippen LogP contribution >= 0.6 is 0 Å². The summed E-state index contributed by atoms with van der Waals surface area (Å²) in [4.78, 5) is 14.7. The maximum Gasteiger partial charge on any atom is 0.318 e. The summed E-state index contributed by atoms with van der Waals surface area (Å²) >= 11 is 0. The standard InChI is InChI=1S/C24H26N2O/c1-20-10-8-9-15-23(20)16-17-25-24(27)26(18-21-11-4-2-5-12-21)19-22-13-6-3-7-14-22/h2-15H,16-19H2,1H3,(H,25,27). The number of hydrogen-bond acceptors (Lipinski definition) is 1. The van der Waals surface area contributed by atoms with Crippen LogP contribution in [0.1, 0.15) is 22.3 Å². The van der Waals surface area contributed by atoms with E-state index in [1.165, 1.54) is 11.1 Å². The van der Waals surface area contributed by atoms with Gasteiger partial charge in [0, 0.05) is 19.6 Å². The van der Waals surface area contributed by atoms with Gasteiger partial charge in [0.2, 0.25) is 0 Å². The van der Waals surface area contributed by atoms with Crippen LogP contribution in [0.3, 0.4) is 0 Å². The summed E-state index contributed by atoms with van der Waals surface area (Å²) in [6.07, 6.45) is 0.836. The third kappa shape index (κ3) is 5.71. The first-order chi connectivity index (χ1) is 13.2. The van der Waals surface area contributed by atoms with Crippen molar-refractivity contribution in [3.63, 3.8) is 0 Å². The van der Waals surface area contributed by atoms with Gasteiger partial charge >= 0.3 is 6.03 Å². The number of amides is 2. The van der Waals surface area contributed by atoms with Crippen LogP contribution in [-0.2, 0) is 19.5 Å². The van der Waals surface area contributed by atoms with E-state index < -0.39 is 0 Å². The molecule has 3 rings (SSSR count). The predicted octanol–water partition coefficient (Wildman–Crippen LogP) is 4.95. The Morgan fingerprint density at radius 2 is 1.30 bits per heavy atom. The maximum atomic E-state index is 12.8. The zero-order valence-electron chi connectivity index (χ0n) is 15.8. The molecule has 3 aromatic carbocycles. The molecule has 0 aliphatic heterocycles. The van der Waals surface area contributed by atoms with E-state index in [0.717, 1.165) is 17.5 Å². The van der Waals surface area contributed by atoms with Gasteiger partial charge in [-0.2, -0.15) is 0 Å². The van der Waals surface area contributed by atoms with Crippen LogP contribution in [0.5, 0.6) is 0 Å². The van der Waals surface area contributed by atoms with Crippen molar-refractivity contribution in [3.05, 3.63) is 107 Å². The molecule has 0 aromatic heterocycles. The Balaban J connectivity index is 1.63. The van der Waals surface area contributed by atoms with Crippen molar-refractivity contribution in [3.8, 4) is 0 Å². The lowest BCUT2D eigenvalue weighted by atomic mass is 10.1. The highest BCUT2D eigenvalue weighted by Crippen LogP contribution is 2.11. The minimum atomic E-state index is -0.0312. The van der Waals surface area contributed by atoms with Gasteiger partial charge < -0.3 is 10.2 Å². The lowest BCUT2D eigenvalue weighted by molar-refractivity contribution is 0.192. The van der Waals surface area contributed by atoms with Crippen LogP contribution in [0, 0.1) is 6.92 Å². The number of carbonyl (C=O) groups is 1. The van der Waals surface area contributed by atoms with E-state index in [1.807, 2.05) is 53.4 Å². The SMILES string of the molecule is Cc1ccccc1CCNC(=O)N(Cc1ccccc1)Cc1ccccc1. The predicted molar refractivity (Wildman–Crippen MR) is 110 cm³/mol. The number of hydrogen-bond donors (Lipinski definition) is 1. The third-order valence-corrected chi connectivity index (χ3v) is 4.65. The lowest BCUT2D eigenvalue weighted by Gasteiger charge is -2.23. The second-order valence-corrected chi connectivity index (χ2v) is 6.74. The lowest BCUT2D eigenvalue weighted by Crippen LogP contribution is -2.40. The van der Waals surface area contributed by atoms with Crippen molar-refractivity contribution in [1.29, 1.82) is 0 Å². The Bertz CT molecular complexity index is 805. The van der Waals surface area contributed by atoms with Crippen LogP contribution in [0.2, 0.25) is 0 Å². The molecule has 138 valence electrons. The van der Waals surface area contributed by atoms with Crippen LogP contribution in [0.4, 0.5) is 4.79 Å². The van der Waals surface area contributed by atoms with E-state index in [2.05, 4.69) is 48.6 Å². The molecular formula is C24H26N2O. The third-order valence-electron chi connectivity index (χ3n) is 4.65. The fourth-order valence-corrected chi connectivity index (χ4v) is 3.11. The highest BCUT2D eigenvalue weighted by Gasteiger charge is 2.14. The summed E-state index contributed by atoms with van der Waals surface area (Å²) in [7, 11) is 0. The molecule has 27 heavy (non-hydrogen) atoms. The van der Waals surface area contributed by atoms with Gasteiger partial charge in [0.05, 0.1) is 0 Å². The van der Waals surface area contributed by atoms with Gasteiger partial charge in [0.25, 0.3) is 0 Å². The fourth-order valence-electron chi connectivity index (χ4n) is 3.11. The Kier molecular flexibility index (Phi) is 6.64. The van der Waals surface area contributed by atoms with Crippen molar-refractivity contribution in [2.24, 2.45) is 0 Å². The Morgan fingerprint density at radius 1 is 0.778 bits per heavy atom. The Labute approximate surface area is 161 Å². The number of nitrogens with zero attached hydrogens (tertiary/aromatic N) is 1. The molecule has 2 amide bonds. The first kappa shape index (κ1) is 18.7. The van der Waals surface area contributed by atoms with Crippen molar-refractivity contribution < 1.29 is 4.79 Å². The molecule has 0 heterocycles. The van der Waals surface area contributed by atoms with Gasteiger partial charge in [-0.15, -0.1) is 0 Å². The molecule has 0 bridgehead atoms. The molecule has 1 N–H and O–H groups in total. The van der Waals surface area contributed by atoms with Crippen LogP contribution < -0.4 is 5.32 Å². The number of aryl methyl sites for hydroxylation is 1. The average Bonchev–Trinajstić information content (AvgIpc) is 2.70. The molecule has 0 saturated carbocycles. The second-order valence-electron chi connectivity index (χ2n) is 6.74. The number of benzene rings is 3. The molecule has 0 radical (unpaired) electrons. The van der Waals surface area contributed by atoms with Crippen molar-refractivity contribution in [2.45, 2.75) is 26.4 Å². The van der Waals surface area contributed by atoms with Crippen LogP contribution in [-0.4, -0.2) is 17.5 Å². The number of rotatable bonds is 7. The largest absolute Gasteiger partial charge is 0.338 e. The normalized spacial score (nSPS) is 10.4. The molecule has 3 aromatic rings. The number of nitrogens with one attached hydrogen (secondary N) is 1. The second kappa shape index (κ2) is 9.58. The van der Waals surface area contributed by atoms with E-state index in [-0.39, 0.29) is 6.03 Å². The van der Waals surface area contributed by atoms with Crippen molar-refractivity contribution >= 4 is 6.03 Å². The Hall–Kier alpha value is -3.07. The average molecular weight is 358 g/mol. The summed E-state index contributed by atoms with van der Waals surface area (Å²) in [5.74, 6) is 0. The van der Waals surface area contributed by atoms with Gasteiger partial charge in [0.1, 0.15) is 0 Å². The highest BCUT2D eigenvalue weighted by atomic mass is 16.2. The van der Waals surface area contributed by atoms with E-state index in [0.29, 0.717) is 19.6 Å². The van der Waals surface area contributed by atoms with E-state index in [1.54, 1.807) is 0 Å². The topological polar surface area (TPSA) is 32.3 Å². The summed E-state index contributed by atoms with van der Waals surface area (Å²) < 4.78 is 0. The van der Waals surface area contributed by atoms with Gasteiger partial charge in [0.15, 0.2) is 0 Å². The van der Waals surface area contributed by atoms with E-state index >= 15 is 0 Å². The minimum absolute atomic E-state index is 0.0312. The summed E-state index contributed by atoms with van der Waals surface area (Å²) in [6, 6.07) is 28.5. The number of carbonyl (C=O) groups excluding carboxylic acids is 1. The highest BCUT2D eigenvalue weighted by molar-refractivity contribution is 5.74. The van der Waals surface area contributed by atoms with Crippen LogP contribution in [0.25, 0.3) is 0 Å². The molecule has 0 unspecified atom stereocenters. The molecule has 0 spiro atoms. The number of urea groups is 1. The molecule has 0 aliphatic rings. The zero-order valence-corrected chi connectivity index (χ0v) is 15.8. The molecule has 0 aliphatic carbocycles. The molecule has 0 atom stereocenters. The quantitative estimate of drug-likeness (QED) is 0.637. The summed E-state index contributed by atoms with van der Waals surface area (Å²) in [6.45, 7) is 3.91. The molecule has 3 nitrogen and oxygen atoms in total. The molecule has 0 fully saturated rings. The van der Waals surface area contributed by atoms with Crippen molar-refractivity contribution in [2.75, 3.05) is 6.54 Å². The van der Waals surface area contributed by atoms with Gasteiger partial charge in [-0.05, 0) is 35.6 Å². The van der Waals surface area contributed by atoms with E-state index in [4.69, 9.17) is 0 Å². The fraction of sp³-hybridized carbons (Fsp3) is 0.208. The molecule has 0 saturated heterocycles. The van der Waals surface area contributed by atoms with E-state index in [9.17, 15) is 4.79 Å². The maximum absolute atomic E-state index is 12.8. The monoisotopic (exact) mass is 358 g/mol. The molecular weight excluding hydrogens is 332 g/mol. The molecule has 3 heteroatoms.